The highest BCUT2D eigenvalue weighted by atomic mass is 32.2. The lowest BCUT2D eigenvalue weighted by molar-refractivity contribution is -0.133. The number of carbonyl (C=O) groups excluding carboxylic acids is 3. The molecule has 3 fully saturated rings. The number of nitrogens with two attached hydrogens (primary N) is 1. The number of piperidine rings is 1. The van der Waals surface area contributed by atoms with Gasteiger partial charge >= 0.3 is 0 Å². The van der Waals surface area contributed by atoms with E-state index in [1.165, 1.54) is 10.7 Å². The van der Waals surface area contributed by atoms with Crippen molar-refractivity contribution in [2.45, 2.75) is 154 Å². The minimum absolute atomic E-state index is 0.00688. The Balaban J connectivity index is 1.76. The average molecular weight is 657 g/mol. The molecule has 2 saturated carbocycles. The summed E-state index contributed by atoms with van der Waals surface area (Å²) in [4.78, 5) is 39.1. The lowest BCUT2D eigenvalue weighted by atomic mass is 9.77. The Morgan fingerprint density at radius 1 is 0.933 bits per heavy atom. The molecule has 45 heavy (non-hydrogen) atoms. The molecule has 0 aromatic carbocycles. The van der Waals surface area contributed by atoms with E-state index in [0.29, 0.717) is 18.8 Å². The zero-order valence-electron chi connectivity index (χ0n) is 28.1. The molecule has 0 radical (unpaired) electrons. The van der Waals surface area contributed by atoms with Crippen LogP contribution in [0.15, 0.2) is 0 Å². The van der Waals surface area contributed by atoms with Crippen LogP contribution in [-0.4, -0.2) is 84.5 Å². The molecule has 3 amide bonds. The molecular weight excluding hydrogens is 596 g/mol. The molecule has 3 unspecified atom stereocenters. The van der Waals surface area contributed by atoms with Gasteiger partial charge in [0.25, 0.3) is 10.2 Å². The van der Waals surface area contributed by atoms with Gasteiger partial charge in [0.1, 0.15) is 6.04 Å². The topological polar surface area (TPSA) is 183 Å². The van der Waals surface area contributed by atoms with Crippen LogP contribution in [0.5, 0.6) is 0 Å². The smallest absolute Gasteiger partial charge is 0.280 e. The fraction of sp³-hybridized carbons (Fsp3) is 0.906. The molecule has 6 atom stereocenters. The molecule has 1 heterocycles. The van der Waals surface area contributed by atoms with E-state index in [1.54, 1.807) is 20.8 Å². The Labute approximate surface area is 271 Å². The fourth-order valence-corrected chi connectivity index (χ4v) is 8.97. The van der Waals surface area contributed by atoms with Gasteiger partial charge in [-0.05, 0) is 70.6 Å². The summed E-state index contributed by atoms with van der Waals surface area (Å²) >= 11 is 0. The number of primary amides is 1. The van der Waals surface area contributed by atoms with E-state index in [4.69, 9.17) is 5.73 Å². The minimum atomic E-state index is -3.95. The third-order valence-electron chi connectivity index (χ3n) is 9.34. The first kappa shape index (κ1) is 37.7. The van der Waals surface area contributed by atoms with Crippen molar-refractivity contribution >= 4 is 27.9 Å². The quantitative estimate of drug-likeness (QED) is 0.156. The summed E-state index contributed by atoms with van der Waals surface area (Å²) in [6.45, 7) is 9.03. The predicted molar refractivity (Wildman–Crippen MR) is 175 cm³/mol. The summed E-state index contributed by atoms with van der Waals surface area (Å²) < 4.78 is 30.6. The minimum Gasteiger partial charge on any atom is -0.390 e. The van der Waals surface area contributed by atoms with Crippen LogP contribution in [0.1, 0.15) is 118 Å². The lowest BCUT2D eigenvalue weighted by Gasteiger charge is -2.40. The summed E-state index contributed by atoms with van der Waals surface area (Å²) in [5, 5.41) is 20.7. The predicted octanol–water partition coefficient (Wildman–Crippen LogP) is 2.06. The number of nitrogens with zero attached hydrogens (tertiary/aromatic N) is 1. The summed E-state index contributed by atoms with van der Waals surface area (Å²) in [6.07, 6.45) is 10.1. The molecule has 1 saturated heterocycles. The molecule has 12 nitrogen and oxygen atoms in total. The van der Waals surface area contributed by atoms with E-state index >= 15 is 0 Å². The van der Waals surface area contributed by atoms with Crippen LogP contribution >= 0.6 is 0 Å². The molecule has 7 N–H and O–H groups in total. The van der Waals surface area contributed by atoms with Crippen LogP contribution in [0.2, 0.25) is 0 Å². The molecule has 13 heteroatoms. The number of aliphatic hydroxyl groups excluding tert-OH is 1. The second-order valence-corrected chi connectivity index (χ2v) is 16.8. The van der Waals surface area contributed by atoms with Gasteiger partial charge in [-0.1, -0.05) is 58.8 Å². The third kappa shape index (κ3) is 12.4. The van der Waals surface area contributed by atoms with E-state index in [9.17, 15) is 27.9 Å². The van der Waals surface area contributed by atoms with Crippen LogP contribution in [-0.2, 0) is 24.6 Å². The number of hydrogen-bond donors (Lipinski definition) is 6. The van der Waals surface area contributed by atoms with Crippen molar-refractivity contribution < 1.29 is 27.9 Å². The number of fused-ring (bicyclic) bond motifs is 1. The zero-order valence-corrected chi connectivity index (χ0v) is 29.0. The van der Waals surface area contributed by atoms with Gasteiger partial charge in [0.2, 0.25) is 17.7 Å². The lowest BCUT2D eigenvalue weighted by Crippen LogP contribution is -2.60. The molecular formula is C32H60N6O6S. The van der Waals surface area contributed by atoms with E-state index in [-0.39, 0.29) is 43.3 Å². The number of rotatable bonds is 15. The summed E-state index contributed by atoms with van der Waals surface area (Å²) in [5.74, 6) is -0.877. The molecule has 0 aromatic heterocycles. The Kier molecular flexibility index (Phi) is 14.1. The van der Waals surface area contributed by atoms with Crippen LogP contribution in [0, 0.1) is 17.8 Å². The number of nitrogens with one attached hydrogen (secondary N) is 4. The number of carbonyl (C=O) groups is 3. The fourth-order valence-electron chi connectivity index (χ4n) is 7.23. The SMILES string of the molecule is CC(C)CN(C[C@@H](O)[C@H](CC1CCCCC1)NC(=O)[C@H](CC(N)=O)NC(=O)C1CCC2CCCCC2N1)S(=O)(=O)NC(C)(C)C. The third-order valence-corrected chi connectivity index (χ3v) is 11.2. The molecule has 260 valence electrons. The second-order valence-electron chi connectivity index (χ2n) is 15.2. The van der Waals surface area contributed by atoms with Crippen molar-refractivity contribution in [2.75, 3.05) is 13.1 Å². The first-order chi connectivity index (χ1) is 21.0. The second kappa shape index (κ2) is 16.9. The van der Waals surface area contributed by atoms with Gasteiger partial charge in [0.15, 0.2) is 0 Å². The van der Waals surface area contributed by atoms with E-state index < -0.39 is 51.8 Å². The Hall–Kier alpha value is -1.80. The highest BCUT2D eigenvalue weighted by molar-refractivity contribution is 7.87. The van der Waals surface area contributed by atoms with Gasteiger partial charge in [0, 0.05) is 24.7 Å². The summed E-state index contributed by atoms with van der Waals surface area (Å²) in [6, 6.07) is -2.18. The van der Waals surface area contributed by atoms with Crippen LogP contribution in [0.4, 0.5) is 0 Å². The van der Waals surface area contributed by atoms with Crippen molar-refractivity contribution in [3.05, 3.63) is 0 Å². The number of amides is 3. The van der Waals surface area contributed by atoms with Crippen molar-refractivity contribution in [3.63, 3.8) is 0 Å². The molecule has 0 bridgehead atoms. The maximum Gasteiger partial charge on any atom is 0.280 e. The molecule has 0 spiro atoms. The standard InChI is InChI=1S/C32H60N6O6S/c1-21(2)19-38(45(43,44)37-32(3,4)5)20-28(39)26(17-22-11-7-6-8-12-22)35-31(42)27(18-29(33)40)36-30(41)25-16-15-23-13-9-10-14-24(23)34-25/h21-28,34,37,39H,6-20H2,1-5H3,(H2,33,40)(H,35,42)(H,36,41)/t23?,24?,25?,26-,27-,28+/m0/s1. The monoisotopic (exact) mass is 656 g/mol. The highest BCUT2D eigenvalue weighted by Crippen LogP contribution is 2.32. The van der Waals surface area contributed by atoms with Crippen molar-refractivity contribution in [2.24, 2.45) is 23.5 Å². The Morgan fingerprint density at radius 2 is 1.58 bits per heavy atom. The average Bonchev–Trinajstić information content (AvgIpc) is 2.94. The maximum absolute atomic E-state index is 13.7. The van der Waals surface area contributed by atoms with E-state index in [1.807, 2.05) is 13.8 Å². The van der Waals surface area contributed by atoms with Gasteiger partial charge < -0.3 is 26.8 Å². The van der Waals surface area contributed by atoms with Gasteiger partial charge in [-0.3, -0.25) is 14.4 Å². The molecule has 0 aromatic rings. The van der Waals surface area contributed by atoms with E-state index in [0.717, 1.165) is 57.8 Å². The molecule has 1 aliphatic heterocycles. The van der Waals surface area contributed by atoms with Gasteiger partial charge in [-0.25, -0.2) is 0 Å². The number of aliphatic hydroxyl groups is 1. The summed E-state index contributed by atoms with van der Waals surface area (Å²) in [5.41, 5.74) is 4.79. The molecule has 2 aliphatic carbocycles. The number of hydrogen-bond acceptors (Lipinski definition) is 7. The molecule has 3 rings (SSSR count). The van der Waals surface area contributed by atoms with Crippen molar-refractivity contribution in [1.82, 2.24) is 25.0 Å². The Bertz CT molecular complexity index is 1090. The van der Waals surface area contributed by atoms with Crippen LogP contribution < -0.4 is 26.4 Å². The van der Waals surface area contributed by atoms with Gasteiger partial charge in [-0.2, -0.15) is 17.4 Å². The first-order valence-corrected chi connectivity index (χ1v) is 18.6. The van der Waals surface area contributed by atoms with Gasteiger partial charge in [-0.15, -0.1) is 0 Å². The molecule has 3 aliphatic rings. The van der Waals surface area contributed by atoms with E-state index in [2.05, 4.69) is 20.7 Å². The zero-order chi connectivity index (χ0) is 33.4. The largest absolute Gasteiger partial charge is 0.390 e. The van der Waals surface area contributed by atoms with Crippen LogP contribution in [0.3, 0.4) is 0 Å². The highest BCUT2D eigenvalue weighted by Gasteiger charge is 2.38. The van der Waals surface area contributed by atoms with Gasteiger partial charge in [0.05, 0.1) is 24.6 Å². The maximum atomic E-state index is 13.7. The Morgan fingerprint density at radius 3 is 2.20 bits per heavy atom. The first-order valence-electron chi connectivity index (χ1n) is 17.2. The summed E-state index contributed by atoms with van der Waals surface area (Å²) in [7, 11) is -3.95. The van der Waals surface area contributed by atoms with Crippen molar-refractivity contribution in [3.8, 4) is 0 Å². The normalized spacial score (nSPS) is 25.3. The van der Waals surface area contributed by atoms with Crippen molar-refractivity contribution in [1.29, 1.82) is 0 Å². The van der Waals surface area contributed by atoms with Crippen LogP contribution in [0.25, 0.3) is 0 Å².